The van der Waals surface area contributed by atoms with Crippen molar-refractivity contribution in [2.45, 2.75) is 64.4 Å². The molecule has 8 nitrogen and oxygen atoms in total. The van der Waals surface area contributed by atoms with E-state index >= 15 is 0 Å². The van der Waals surface area contributed by atoms with Crippen molar-refractivity contribution in [2.24, 2.45) is 0 Å². The van der Waals surface area contributed by atoms with Gasteiger partial charge >= 0.3 is 0 Å². The highest BCUT2D eigenvalue weighted by Crippen LogP contribution is 2.41. The van der Waals surface area contributed by atoms with Gasteiger partial charge in [0.05, 0.1) is 41.2 Å². The number of ether oxygens (including phenoxy) is 2. The molecule has 40 heavy (non-hydrogen) atoms. The van der Waals surface area contributed by atoms with E-state index in [0.717, 1.165) is 35.1 Å². The predicted molar refractivity (Wildman–Crippen MR) is 157 cm³/mol. The maximum absolute atomic E-state index is 14.2. The molecule has 1 aliphatic rings. The fourth-order valence-electron chi connectivity index (χ4n) is 4.52. The van der Waals surface area contributed by atoms with Crippen LogP contribution in [0.15, 0.2) is 48.9 Å². The van der Waals surface area contributed by atoms with E-state index in [4.69, 9.17) is 26.1 Å². The molecule has 0 spiro atoms. The normalized spacial score (nSPS) is 14.8. The Kier molecular flexibility index (Phi) is 6.88. The van der Waals surface area contributed by atoms with Gasteiger partial charge in [0.25, 0.3) is 0 Å². The Hall–Kier alpha value is -3.34. The Labute approximate surface area is 238 Å². The summed E-state index contributed by atoms with van der Waals surface area (Å²) in [7, 11) is -1.16. The highest BCUT2D eigenvalue weighted by atomic mass is 35.5. The van der Waals surface area contributed by atoms with Crippen LogP contribution in [0.1, 0.15) is 18.7 Å². The fourth-order valence-corrected chi connectivity index (χ4v) is 5.52. The van der Waals surface area contributed by atoms with E-state index in [1.54, 1.807) is 29.3 Å². The molecule has 0 unspecified atom stereocenters. The first-order valence-corrected chi connectivity index (χ1v) is 17.5. The maximum Gasteiger partial charge on any atom is 0.148 e. The maximum atomic E-state index is 14.2. The zero-order chi connectivity index (χ0) is 28.1. The third-order valence-corrected chi connectivity index (χ3v) is 9.21. The van der Waals surface area contributed by atoms with E-state index < -0.39 is 13.7 Å². The molecule has 0 N–H and O–H groups in total. The van der Waals surface area contributed by atoms with Gasteiger partial charge in [0.15, 0.2) is 0 Å². The van der Waals surface area contributed by atoms with E-state index in [9.17, 15) is 4.39 Å². The minimum atomic E-state index is -1.16. The first kappa shape index (κ1) is 26.9. The summed E-state index contributed by atoms with van der Waals surface area (Å²) >= 11 is 6.79. The van der Waals surface area contributed by atoms with Crippen LogP contribution in [0.4, 0.5) is 4.39 Å². The Morgan fingerprint density at radius 2 is 1.88 bits per heavy atom. The lowest BCUT2D eigenvalue weighted by Gasteiger charge is -2.16. The SMILES string of the molecule is Cc1nc2ccc(Oc3ccc4ncc(-c5cnn(CC6(F)CC6)c5)nc4c3Cl)cc2n1COCC[Si](C)(C)C. The molecule has 1 saturated carbocycles. The molecular formula is C29H32ClFN6O2Si. The monoisotopic (exact) mass is 578 g/mol. The summed E-state index contributed by atoms with van der Waals surface area (Å²) in [5, 5.41) is 4.66. The summed E-state index contributed by atoms with van der Waals surface area (Å²) < 4.78 is 30.1. The molecule has 2 aromatic carbocycles. The Balaban J connectivity index is 1.24. The van der Waals surface area contributed by atoms with Gasteiger partial charge in [-0.05, 0) is 50.1 Å². The number of hydrogen-bond acceptors (Lipinski definition) is 6. The van der Waals surface area contributed by atoms with Crippen molar-refractivity contribution in [2.75, 3.05) is 6.61 Å². The minimum Gasteiger partial charge on any atom is -0.456 e. The second kappa shape index (κ2) is 10.2. The molecule has 0 radical (unpaired) electrons. The van der Waals surface area contributed by atoms with Gasteiger partial charge in [-0.25, -0.2) is 14.4 Å². The predicted octanol–water partition coefficient (Wildman–Crippen LogP) is 7.41. The van der Waals surface area contributed by atoms with Gasteiger partial charge in [-0.1, -0.05) is 31.2 Å². The van der Waals surface area contributed by atoms with Crippen molar-refractivity contribution in [1.82, 2.24) is 29.3 Å². The smallest absolute Gasteiger partial charge is 0.148 e. The molecule has 0 aliphatic heterocycles. The van der Waals surface area contributed by atoms with Crippen LogP contribution in [0.5, 0.6) is 11.5 Å². The van der Waals surface area contributed by atoms with Crippen LogP contribution < -0.4 is 4.74 Å². The van der Waals surface area contributed by atoms with Gasteiger partial charge in [0.1, 0.15) is 40.3 Å². The van der Waals surface area contributed by atoms with Crippen LogP contribution >= 0.6 is 11.6 Å². The van der Waals surface area contributed by atoms with Gasteiger partial charge in [0.2, 0.25) is 0 Å². The molecule has 0 saturated heterocycles. The molecule has 1 fully saturated rings. The lowest BCUT2D eigenvalue weighted by atomic mass is 10.2. The molecule has 5 aromatic rings. The van der Waals surface area contributed by atoms with Crippen LogP contribution in [0.25, 0.3) is 33.3 Å². The van der Waals surface area contributed by atoms with E-state index in [1.807, 2.05) is 31.2 Å². The number of aryl methyl sites for hydroxylation is 1. The fraction of sp³-hybridized carbons (Fsp3) is 0.379. The van der Waals surface area contributed by atoms with Crippen molar-refractivity contribution in [1.29, 1.82) is 0 Å². The minimum absolute atomic E-state index is 0.250. The highest BCUT2D eigenvalue weighted by Gasteiger charge is 2.43. The summed E-state index contributed by atoms with van der Waals surface area (Å²) in [5.41, 5.74) is 3.20. The number of aromatic nitrogens is 6. The summed E-state index contributed by atoms with van der Waals surface area (Å²) in [4.78, 5) is 14.0. The summed E-state index contributed by atoms with van der Waals surface area (Å²) in [6.07, 6.45) is 6.30. The second-order valence-corrected chi connectivity index (χ2v) is 17.8. The lowest BCUT2D eigenvalue weighted by molar-refractivity contribution is 0.0885. The molecule has 6 rings (SSSR count). The van der Waals surface area contributed by atoms with Crippen LogP contribution in [0, 0.1) is 6.92 Å². The van der Waals surface area contributed by atoms with E-state index in [2.05, 4.69) is 39.3 Å². The quantitative estimate of drug-likeness (QED) is 0.127. The van der Waals surface area contributed by atoms with Gasteiger partial charge < -0.3 is 14.0 Å². The number of nitrogens with zero attached hydrogens (tertiary/aromatic N) is 6. The summed E-state index contributed by atoms with van der Waals surface area (Å²) in [6, 6.07) is 10.5. The molecule has 0 atom stereocenters. The number of benzene rings is 2. The Bertz CT molecular complexity index is 1710. The van der Waals surface area contributed by atoms with Gasteiger partial charge in [-0.2, -0.15) is 5.10 Å². The van der Waals surface area contributed by atoms with Crippen molar-refractivity contribution >= 4 is 41.7 Å². The largest absolute Gasteiger partial charge is 0.456 e. The number of halogens is 2. The van der Waals surface area contributed by atoms with Crippen molar-refractivity contribution < 1.29 is 13.9 Å². The molecular weight excluding hydrogens is 547 g/mol. The first-order chi connectivity index (χ1) is 19.1. The molecule has 3 aromatic heterocycles. The lowest BCUT2D eigenvalue weighted by Crippen LogP contribution is -2.22. The number of fused-ring (bicyclic) bond motifs is 2. The molecule has 11 heteroatoms. The number of hydrogen-bond donors (Lipinski definition) is 0. The molecule has 3 heterocycles. The molecule has 208 valence electrons. The van der Waals surface area contributed by atoms with Crippen molar-refractivity contribution in [3.05, 3.63) is 59.8 Å². The van der Waals surface area contributed by atoms with Gasteiger partial charge in [-0.3, -0.25) is 9.67 Å². The van der Waals surface area contributed by atoms with E-state index in [1.165, 1.54) is 0 Å². The highest BCUT2D eigenvalue weighted by molar-refractivity contribution is 6.76. The van der Waals surface area contributed by atoms with E-state index in [-0.39, 0.29) is 6.54 Å². The van der Waals surface area contributed by atoms with Crippen LogP contribution in [-0.4, -0.2) is 49.6 Å². The summed E-state index contributed by atoms with van der Waals surface area (Å²) in [5.74, 6) is 1.98. The number of rotatable bonds is 10. The zero-order valence-electron chi connectivity index (χ0n) is 23.1. The van der Waals surface area contributed by atoms with Crippen LogP contribution in [-0.2, 0) is 18.0 Å². The topological polar surface area (TPSA) is 79.9 Å². The summed E-state index contributed by atoms with van der Waals surface area (Å²) in [6.45, 7) is 10.4. The number of imidazole rings is 1. The average Bonchev–Trinajstić information content (AvgIpc) is 3.31. The molecule has 0 amide bonds. The first-order valence-electron chi connectivity index (χ1n) is 13.5. The third kappa shape index (κ3) is 5.75. The second-order valence-electron chi connectivity index (χ2n) is 11.8. The van der Waals surface area contributed by atoms with E-state index in [0.29, 0.717) is 52.8 Å². The average molecular weight is 579 g/mol. The Morgan fingerprint density at radius 1 is 1.07 bits per heavy atom. The third-order valence-electron chi connectivity index (χ3n) is 7.14. The Morgan fingerprint density at radius 3 is 2.65 bits per heavy atom. The molecule has 0 bridgehead atoms. The van der Waals surface area contributed by atoms with Gasteiger partial charge in [0, 0.05) is 32.5 Å². The van der Waals surface area contributed by atoms with Gasteiger partial charge in [-0.15, -0.1) is 0 Å². The van der Waals surface area contributed by atoms with Crippen molar-refractivity contribution in [3.63, 3.8) is 0 Å². The standard InChI is InChI=1S/C29H32ClFN6O2Si/c1-19-34-22-6-5-21(13-25(22)37(19)18-38-11-12-40(2,3)4)39-26-8-7-23-28(27(26)30)35-24(15-32-23)20-14-33-36(16-20)17-29(31)9-10-29/h5-8,13-16H,9-12,17-18H2,1-4H3. The number of alkyl halides is 1. The van der Waals surface area contributed by atoms with Crippen molar-refractivity contribution in [3.8, 4) is 22.8 Å². The molecule has 1 aliphatic carbocycles. The zero-order valence-corrected chi connectivity index (χ0v) is 24.9. The van der Waals surface area contributed by atoms with Crippen LogP contribution in [0.2, 0.25) is 30.7 Å². The van der Waals surface area contributed by atoms with Crippen LogP contribution in [0.3, 0.4) is 0 Å².